The Bertz CT molecular complexity index is 814. The highest BCUT2D eigenvalue weighted by atomic mass is 16.5. The molecule has 0 aliphatic rings. The number of rotatable bonds is 10. The fourth-order valence-electron chi connectivity index (χ4n) is 2.54. The van der Waals surface area contributed by atoms with Crippen LogP contribution in [-0.4, -0.2) is 30.9 Å². The van der Waals surface area contributed by atoms with Gasteiger partial charge in [0.2, 0.25) is 0 Å². The Labute approximate surface area is 164 Å². The Morgan fingerprint density at radius 2 is 1.68 bits per heavy atom. The molecular formula is C22H25NO5. The van der Waals surface area contributed by atoms with E-state index < -0.39 is 5.97 Å². The first-order valence-electron chi connectivity index (χ1n) is 9.22. The second-order valence-corrected chi connectivity index (χ2v) is 6.24. The molecule has 2 aromatic rings. The predicted molar refractivity (Wildman–Crippen MR) is 105 cm³/mol. The second-order valence-electron chi connectivity index (χ2n) is 6.24. The molecule has 148 valence electrons. The van der Waals surface area contributed by atoms with E-state index in [0.29, 0.717) is 24.5 Å². The Morgan fingerprint density at radius 1 is 0.964 bits per heavy atom. The van der Waals surface area contributed by atoms with Gasteiger partial charge in [0.05, 0.1) is 13.0 Å². The molecule has 1 N–H and O–H groups in total. The van der Waals surface area contributed by atoms with Gasteiger partial charge < -0.3 is 14.8 Å². The Hall–Kier alpha value is -3.15. The lowest BCUT2D eigenvalue weighted by Crippen LogP contribution is -2.28. The zero-order valence-corrected chi connectivity index (χ0v) is 16.2. The molecule has 0 saturated heterocycles. The van der Waals surface area contributed by atoms with Crippen LogP contribution in [0.1, 0.15) is 41.3 Å². The number of benzene rings is 2. The van der Waals surface area contributed by atoms with Crippen LogP contribution < -0.4 is 10.1 Å². The quantitative estimate of drug-likeness (QED) is 0.503. The predicted octanol–water partition coefficient (Wildman–Crippen LogP) is 3.22. The number of aryl methyl sites for hydroxylation is 1. The first kappa shape index (κ1) is 21.2. The van der Waals surface area contributed by atoms with Crippen molar-refractivity contribution >= 4 is 17.7 Å². The highest BCUT2D eigenvalue weighted by Gasteiger charge is 2.12. The molecule has 2 rings (SSSR count). The summed E-state index contributed by atoms with van der Waals surface area (Å²) in [5.41, 5.74) is 2.59. The highest BCUT2D eigenvalue weighted by Crippen LogP contribution is 2.14. The van der Waals surface area contributed by atoms with Crippen LogP contribution in [0.2, 0.25) is 0 Å². The molecule has 0 heterocycles. The minimum absolute atomic E-state index is 0.0254. The fourth-order valence-corrected chi connectivity index (χ4v) is 2.54. The molecule has 0 aliphatic heterocycles. The first-order valence-corrected chi connectivity index (χ1v) is 9.22. The first-order chi connectivity index (χ1) is 13.5. The summed E-state index contributed by atoms with van der Waals surface area (Å²) in [6.45, 7) is 4.41. The Morgan fingerprint density at radius 3 is 2.36 bits per heavy atom. The standard InChI is InChI=1S/C22H25NO5/c1-3-27-19-10-8-17(9-11-19)20(24)12-13-22(26)28-15-21(25)23-14-18-7-5-4-6-16(18)2/h4-11H,3,12-15H2,1-2H3,(H,23,25). The van der Waals surface area contributed by atoms with Crippen molar-refractivity contribution in [2.45, 2.75) is 33.2 Å². The third-order valence-corrected chi connectivity index (χ3v) is 4.14. The topological polar surface area (TPSA) is 81.7 Å². The van der Waals surface area contributed by atoms with E-state index in [1.165, 1.54) is 0 Å². The van der Waals surface area contributed by atoms with E-state index >= 15 is 0 Å². The number of Topliss-reactive ketones (excluding diaryl/α,β-unsaturated/α-hetero) is 1. The largest absolute Gasteiger partial charge is 0.494 e. The van der Waals surface area contributed by atoms with Crippen LogP contribution in [0.3, 0.4) is 0 Å². The van der Waals surface area contributed by atoms with Crippen molar-refractivity contribution in [2.24, 2.45) is 0 Å². The molecule has 0 aliphatic carbocycles. The van der Waals surface area contributed by atoms with Crippen molar-refractivity contribution < 1.29 is 23.9 Å². The molecule has 0 bridgehead atoms. The summed E-state index contributed by atoms with van der Waals surface area (Å²) in [6, 6.07) is 14.5. The third kappa shape index (κ3) is 6.87. The van der Waals surface area contributed by atoms with Crippen molar-refractivity contribution in [3.05, 3.63) is 65.2 Å². The molecule has 1 amide bonds. The minimum Gasteiger partial charge on any atom is -0.494 e. The van der Waals surface area contributed by atoms with Gasteiger partial charge in [-0.25, -0.2) is 0 Å². The number of nitrogens with one attached hydrogen (secondary N) is 1. The molecule has 2 aromatic carbocycles. The molecule has 0 fully saturated rings. The van der Waals surface area contributed by atoms with Gasteiger partial charge in [-0.15, -0.1) is 0 Å². The van der Waals surface area contributed by atoms with Crippen molar-refractivity contribution in [1.29, 1.82) is 0 Å². The number of ketones is 1. The molecule has 0 unspecified atom stereocenters. The number of amides is 1. The molecule has 6 heteroatoms. The van der Waals surface area contributed by atoms with E-state index in [2.05, 4.69) is 5.32 Å². The number of ether oxygens (including phenoxy) is 2. The summed E-state index contributed by atoms with van der Waals surface area (Å²) in [7, 11) is 0. The smallest absolute Gasteiger partial charge is 0.306 e. The van der Waals surface area contributed by atoms with Gasteiger partial charge in [0.25, 0.3) is 5.91 Å². The van der Waals surface area contributed by atoms with Crippen LogP contribution in [-0.2, 0) is 20.9 Å². The molecule has 0 radical (unpaired) electrons. The average Bonchev–Trinajstić information content (AvgIpc) is 2.70. The third-order valence-electron chi connectivity index (χ3n) is 4.14. The van der Waals surface area contributed by atoms with E-state index in [0.717, 1.165) is 11.1 Å². The summed E-state index contributed by atoms with van der Waals surface area (Å²) in [5, 5.41) is 2.71. The van der Waals surface area contributed by atoms with Crippen molar-refractivity contribution in [3.63, 3.8) is 0 Å². The van der Waals surface area contributed by atoms with Crippen LogP contribution in [0.5, 0.6) is 5.75 Å². The summed E-state index contributed by atoms with van der Waals surface area (Å²) in [4.78, 5) is 35.7. The summed E-state index contributed by atoms with van der Waals surface area (Å²) >= 11 is 0. The molecule has 6 nitrogen and oxygen atoms in total. The highest BCUT2D eigenvalue weighted by molar-refractivity contribution is 5.97. The monoisotopic (exact) mass is 383 g/mol. The number of esters is 1. The van der Waals surface area contributed by atoms with Gasteiger partial charge in [-0.1, -0.05) is 24.3 Å². The van der Waals surface area contributed by atoms with E-state index in [4.69, 9.17) is 9.47 Å². The zero-order chi connectivity index (χ0) is 20.4. The summed E-state index contributed by atoms with van der Waals surface area (Å²) in [6.07, 6.45) is -0.0469. The lowest BCUT2D eigenvalue weighted by Gasteiger charge is -2.08. The normalized spacial score (nSPS) is 10.2. The molecular weight excluding hydrogens is 358 g/mol. The minimum atomic E-state index is -0.578. The summed E-state index contributed by atoms with van der Waals surface area (Å²) < 4.78 is 10.3. The van der Waals surface area contributed by atoms with Crippen molar-refractivity contribution in [2.75, 3.05) is 13.2 Å². The van der Waals surface area contributed by atoms with Gasteiger partial charge in [-0.2, -0.15) is 0 Å². The molecule has 28 heavy (non-hydrogen) atoms. The van der Waals surface area contributed by atoms with Gasteiger partial charge in [0.1, 0.15) is 5.75 Å². The lowest BCUT2D eigenvalue weighted by atomic mass is 10.1. The Balaban J connectivity index is 1.68. The van der Waals surface area contributed by atoms with Crippen molar-refractivity contribution in [1.82, 2.24) is 5.32 Å². The van der Waals surface area contributed by atoms with Crippen LogP contribution in [0.25, 0.3) is 0 Å². The number of hydrogen-bond donors (Lipinski definition) is 1. The molecule has 0 atom stereocenters. The molecule has 0 aromatic heterocycles. The van der Waals surface area contributed by atoms with Gasteiger partial charge >= 0.3 is 5.97 Å². The maximum Gasteiger partial charge on any atom is 0.306 e. The van der Waals surface area contributed by atoms with Crippen LogP contribution >= 0.6 is 0 Å². The second kappa shape index (κ2) is 10.9. The maximum absolute atomic E-state index is 12.1. The lowest BCUT2D eigenvalue weighted by molar-refractivity contribution is -0.148. The Kier molecular flexibility index (Phi) is 8.21. The van der Waals surface area contributed by atoms with Gasteiger partial charge in [0.15, 0.2) is 12.4 Å². The van der Waals surface area contributed by atoms with Crippen molar-refractivity contribution in [3.8, 4) is 5.75 Å². The molecule has 0 saturated carbocycles. The van der Waals surface area contributed by atoms with E-state index in [9.17, 15) is 14.4 Å². The van der Waals surface area contributed by atoms with Gasteiger partial charge in [0, 0.05) is 18.5 Å². The number of hydrogen-bond acceptors (Lipinski definition) is 5. The number of carbonyl (C=O) groups excluding carboxylic acids is 3. The van der Waals surface area contributed by atoms with E-state index in [1.807, 2.05) is 38.1 Å². The van der Waals surface area contributed by atoms with Crippen LogP contribution in [0.4, 0.5) is 0 Å². The van der Waals surface area contributed by atoms with Crippen LogP contribution in [0, 0.1) is 6.92 Å². The van der Waals surface area contributed by atoms with E-state index in [1.54, 1.807) is 24.3 Å². The zero-order valence-electron chi connectivity index (χ0n) is 16.2. The van der Waals surface area contributed by atoms with Gasteiger partial charge in [-0.3, -0.25) is 14.4 Å². The number of carbonyl (C=O) groups is 3. The maximum atomic E-state index is 12.1. The van der Waals surface area contributed by atoms with Crippen LogP contribution in [0.15, 0.2) is 48.5 Å². The van der Waals surface area contributed by atoms with Gasteiger partial charge in [-0.05, 0) is 49.2 Å². The van der Waals surface area contributed by atoms with E-state index in [-0.39, 0.29) is 31.1 Å². The molecule has 0 spiro atoms. The SMILES string of the molecule is CCOc1ccc(C(=O)CCC(=O)OCC(=O)NCc2ccccc2C)cc1. The fraction of sp³-hybridized carbons (Fsp3) is 0.318. The summed E-state index contributed by atoms with van der Waals surface area (Å²) in [5.74, 6) is -0.432. The average molecular weight is 383 g/mol.